The molecule has 0 aliphatic heterocycles. The zero-order valence-corrected chi connectivity index (χ0v) is 12.1. The first kappa shape index (κ1) is 13.2. The van der Waals surface area contributed by atoms with Crippen LogP contribution in [0.4, 0.5) is 5.69 Å². The number of hydrogen-bond donors (Lipinski definition) is 2. The number of hydrogen-bond acceptors (Lipinski definition) is 3. The highest BCUT2D eigenvalue weighted by molar-refractivity contribution is 9.10. The SMILES string of the molecule is Cc1ccc(O)c(CNc2cc(Cl)ccc2Br)n1. The van der Waals surface area contributed by atoms with Gasteiger partial charge in [-0.25, -0.2) is 0 Å². The molecule has 94 valence electrons. The van der Waals surface area contributed by atoms with Crippen molar-refractivity contribution < 1.29 is 5.11 Å². The molecule has 0 saturated heterocycles. The molecule has 0 spiro atoms. The molecule has 1 aromatic heterocycles. The molecule has 0 bridgehead atoms. The molecule has 2 N–H and O–H groups in total. The summed E-state index contributed by atoms with van der Waals surface area (Å²) in [7, 11) is 0. The number of pyridine rings is 1. The molecule has 2 rings (SSSR count). The van der Waals surface area contributed by atoms with Crippen molar-refractivity contribution in [1.29, 1.82) is 0 Å². The number of aromatic nitrogens is 1. The maximum Gasteiger partial charge on any atom is 0.138 e. The van der Waals surface area contributed by atoms with Crippen molar-refractivity contribution in [3.63, 3.8) is 0 Å². The fraction of sp³-hybridized carbons (Fsp3) is 0.154. The summed E-state index contributed by atoms with van der Waals surface area (Å²) in [5.74, 6) is 0.186. The Bertz CT molecular complexity index is 523. The minimum atomic E-state index is 0.186. The van der Waals surface area contributed by atoms with Crippen LogP contribution in [0.2, 0.25) is 5.02 Å². The molecule has 0 amide bonds. The Morgan fingerprint density at radius 2 is 2.11 bits per heavy atom. The number of aryl methyl sites for hydroxylation is 1. The van der Waals surface area contributed by atoms with Crippen LogP contribution in [0.3, 0.4) is 0 Å². The monoisotopic (exact) mass is 326 g/mol. The molecule has 5 heteroatoms. The molecule has 0 aliphatic rings. The first-order valence-corrected chi connectivity index (χ1v) is 6.58. The van der Waals surface area contributed by atoms with E-state index in [1.807, 2.05) is 19.1 Å². The number of nitrogens with zero attached hydrogens (tertiary/aromatic N) is 1. The zero-order valence-electron chi connectivity index (χ0n) is 9.74. The van der Waals surface area contributed by atoms with Gasteiger partial charge in [-0.05, 0) is 53.2 Å². The van der Waals surface area contributed by atoms with Crippen LogP contribution in [-0.2, 0) is 6.54 Å². The Hall–Kier alpha value is -1.26. The topological polar surface area (TPSA) is 45.1 Å². The lowest BCUT2D eigenvalue weighted by atomic mass is 10.2. The number of rotatable bonds is 3. The highest BCUT2D eigenvalue weighted by atomic mass is 79.9. The summed E-state index contributed by atoms with van der Waals surface area (Å²) >= 11 is 9.36. The number of benzene rings is 1. The molecule has 1 heterocycles. The van der Waals surface area contributed by atoms with Crippen LogP contribution in [0.15, 0.2) is 34.8 Å². The average Bonchev–Trinajstić information content (AvgIpc) is 2.34. The Kier molecular flexibility index (Phi) is 4.09. The molecule has 0 aliphatic carbocycles. The molecule has 2 aromatic rings. The van der Waals surface area contributed by atoms with E-state index in [0.717, 1.165) is 15.9 Å². The van der Waals surface area contributed by atoms with Gasteiger partial charge in [0.2, 0.25) is 0 Å². The van der Waals surface area contributed by atoms with Crippen molar-refractivity contribution >= 4 is 33.2 Å². The van der Waals surface area contributed by atoms with Crippen LogP contribution in [0.5, 0.6) is 5.75 Å². The summed E-state index contributed by atoms with van der Waals surface area (Å²) in [5, 5.41) is 13.5. The molecule has 0 unspecified atom stereocenters. The van der Waals surface area contributed by atoms with Crippen molar-refractivity contribution in [2.24, 2.45) is 0 Å². The fourth-order valence-electron chi connectivity index (χ4n) is 1.55. The lowest BCUT2D eigenvalue weighted by molar-refractivity contribution is 0.464. The van der Waals surface area contributed by atoms with E-state index in [0.29, 0.717) is 17.3 Å². The molecule has 0 fully saturated rings. The van der Waals surface area contributed by atoms with Crippen LogP contribution in [0, 0.1) is 6.92 Å². The summed E-state index contributed by atoms with van der Waals surface area (Å²) in [5.41, 5.74) is 2.35. The smallest absolute Gasteiger partial charge is 0.138 e. The molecular formula is C13H12BrClN2O. The van der Waals surface area contributed by atoms with E-state index >= 15 is 0 Å². The number of nitrogens with one attached hydrogen (secondary N) is 1. The van der Waals surface area contributed by atoms with Gasteiger partial charge in [-0.1, -0.05) is 11.6 Å². The van der Waals surface area contributed by atoms with E-state index in [9.17, 15) is 5.11 Å². The van der Waals surface area contributed by atoms with Crippen LogP contribution >= 0.6 is 27.5 Å². The quantitative estimate of drug-likeness (QED) is 0.891. The van der Waals surface area contributed by atoms with Crippen molar-refractivity contribution in [3.8, 4) is 5.75 Å². The van der Waals surface area contributed by atoms with Gasteiger partial charge < -0.3 is 10.4 Å². The minimum absolute atomic E-state index is 0.186. The third kappa shape index (κ3) is 3.15. The molecule has 0 saturated carbocycles. The Morgan fingerprint density at radius 3 is 2.89 bits per heavy atom. The van der Waals surface area contributed by atoms with Crippen LogP contribution < -0.4 is 5.32 Å². The first-order valence-electron chi connectivity index (χ1n) is 5.40. The number of halogens is 2. The second kappa shape index (κ2) is 5.59. The zero-order chi connectivity index (χ0) is 13.1. The predicted octanol–water partition coefficient (Wildman–Crippen LogP) is 4.12. The normalized spacial score (nSPS) is 10.4. The fourth-order valence-corrected chi connectivity index (χ4v) is 2.10. The summed E-state index contributed by atoms with van der Waals surface area (Å²) < 4.78 is 0.916. The molecule has 1 aromatic carbocycles. The van der Waals surface area contributed by atoms with Gasteiger partial charge in [0.15, 0.2) is 0 Å². The third-order valence-corrected chi connectivity index (χ3v) is 3.39. The second-order valence-corrected chi connectivity index (χ2v) is 5.19. The van der Waals surface area contributed by atoms with Gasteiger partial charge in [0.25, 0.3) is 0 Å². The van der Waals surface area contributed by atoms with Gasteiger partial charge in [0.1, 0.15) is 11.4 Å². The molecular weight excluding hydrogens is 316 g/mol. The standard InChI is InChI=1S/C13H12BrClN2O/c1-8-2-5-13(18)12(17-8)7-16-11-6-9(15)3-4-10(11)14/h2-6,16,18H,7H2,1H3. The number of anilines is 1. The molecule has 18 heavy (non-hydrogen) atoms. The van der Waals surface area contributed by atoms with Crippen LogP contribution in [-0.4, -0.2) is 10.1 Å². The molecule has 0 atom stereocenters. The van der Waals surface area contributed by atoms with E-state index in [-0.39, 0.29) is 5.75 Å². The predicted molar refractivity (Wildman–Crippen MR) is 77.1 cm³/mol. The van der Waals surface area contributed by atoms with Gasteiger partial charge in [-0.3, -0.25) is 4.98 Å². The highest BCUT2D eigenvalue weighted by Crippen LogP contribution is 2.27. The first-order chi connectivity index (χ1) is 8.56. The van der Waals surface area contributed by atoms with Crippen LogP contribution in [0.1, 0.15) is 11.4 Å². The maximum absolute atomic E-state index is 9.70. The second-order valence-electron chi connectivity index (χ2n) is 3.90. The van der Waals surface area contributed by atoms with Gasteiger partial charge in [-0.15, -0.1) is 0 Å². The summed E-state index contributed by atoms with van der Waals surface area (Å²) in [4.78, 5) is 4.28. The minimum Gasteiger partial charge on any atom is -0.506 e. The van der Waals surface area contributed by atoms with Gasteiger partial charge >= 0.3 is 0 Å². The summed E-state index contributed by atoms with van der Waals surface area (Å²) in [6, 6.07) is 8.91. The van der Waals surface area contributed by atoms with Crippen molar-refractivity contribution in [2.75, 3.05) is 5.32 Å². The van der Waals surface area contributed by atoms with Gasteiger partial charge in [0.05, 0.1) is 12.2 Å². The van der Waals surface area contributed by atoms with Gasteiger partial charge in [-0.2, -0.15) is 0 Å². The lowest BCUT2D eigenvalue weighted by Crippen LogP contribution is -2.03. The van der Waals surface area contributed by atoms with Crippen molar-refractivity contribution in [2.45, 2.75) is 13.5 Å². The van der Waals surface area contributed by atoms with Crippen molar-refractivity contribution in [1.82, 2.24) is 4.98 Å². The number of aromatic hydroxyl groups is 1. The summed E-state index contributed by atoms with van der Waals surface area (Å²) in [6.07, 6.45) is 0. The van der Waals surface area contributed by atoms with Crippen molar-refractivity contribution in [3.05, 3.63) is 51.2 Å². The third-order valence-electron chi connectivity index (χ3n) is 2.46. The van der Waals surface area contributed by atoms with E-state index in [4.69, 9.17) is 11.6 Å². The van der Waals surface area contributed by atoms with Gasteiger partial charge in [0, 0.05) is 15.2 Å². The Morgan fingerprint density at radius 1 is 1.33 bits per heavy atom. The average molecular weight is 328 g/mol. The molecule has 0 radical (unpaired) electrons. The largest absolute Gasteiger partial charge is 0.506 e. The highest BCUT2D eigenvalue weighted by Gasteiger charge is 2.05. The van der Waals surface area contributed by atoms with E-state index in [2.05, 4.69) is 26.2 Å². The Balaban J connectivity index is 2.16. The maximum atomic E-state index is 9.70. The molecule has 3 nitrogen and oxygen atoms in total. The van der Waals surface area contributed by atoms with E-state index < -0.39 is 0 Å². The summed E-state index contributed by atoms with van der Waals surface area (Å²) in [6.45, 7) is 2.32. The van der Waals surface area contributed by atoms with E-state index in [1.54, 1.807) is 18.2 Å². The Labute approximate surface area is 119 Å². The lowest BCUT2D eigenvalue weighted by Gasteiger charge is -2.10. The van der Waals surface area contributed by atoms with E-state index in [1.165, 1.54) is 0 Å². The van der Waals surface area contributed by atoms with Crippen LogP contribution in [0.25, 0.3) is 0 Å².